The summed E-state index contributed by atoms with van der Waals surface area (Å²) in [6, 6.07) is 8.83. The number of hydrogen-bond donors (Lipinski definition) is 0. The number of nitrogens with zero attached hydrogens (tertiary/aromatic N) is 1. The fourth-order valence-electron chi connectivity index (χ4n) is 2.02. The highest BCUT2D eigenvalue weighted by molar-refractivity contribution is 5.72. The van der Waals surface area contributed by atoms with Crippen LogP contribution in [0.25, 0.3) is 0 Å². The molecule has 0 N–H and O–H groups in total. The van der Waals surface area contributed by atoms with Gasteiger partial charge in [-0.15, -0.1) is 0 Å². The van der Waals surface area contributed by atoms with Crippen LogP contribution in [0.1, 0.15) is 24.0 Å². The Morgan fingerprint density at radius 1 is 1.35 bits per heavy atom. The number of carbonyl (C=O) groups is 1. The van der Waals surface area contributed by atoms with Gasteiger partial charge in [0.2, 0.25) is 0 Å². The lowest BCUT2D eigenvalue weighted by molar-refractivity contribution is -0.139. The number of rotatable bonds is 5. The summed E-state index contributed by atoms with van der Waals surface area (Å²) in [6.45, 7) is 0.915. The quantitative estimate of drug-likeness (QED) is 0.728. The Balaban J connectivity index is 2.06. The summed E-state index contributed by atoms with van der Waals surface area (Å²) >= 11 is 0. The number of carbonyl (C=O) groups excluding carboxylic acids is 1. The molecular weight excluding hydrogens is 214 g/mol. The molecule has 0 bridgehead atoms. The fourth-order valence-corrected chi connectivity index (χ4v) is 2.02. The van der Waals surface area contributed by atoms with E-state index in [1.165, 1.54) is 25.5 Å². The molecular formula is C14H19NO2. The van der Waals surface area contributed by atoms with Gasteiger partial charge in [-0.05, 0) is 31.0 Å². The number of ether oxygens (including phenoxy) is 1. The molecule has 0 heterocycles. The molecule has 0 amide bonds. The van der Waals surface area contributed by atoms with Crippen LogP contribution in [0.3, 0.4) is 0 Å². The fraction of sp³-hybridized carbons (Fsp3) is 0.500. The first-order chi connectivity index (χ1) is 8.20. The Kier molecular flexibility index (Phi) is 3.79. The van der Waals surface area contributed by atoms with Crippen LogP contribution in [0.5, 0.6) is 0 Å². The molecule has 1 saturated carbocycles. The largest absolute Gasteiger partial charge is 0.469 e. The first kappa shape index (κ1) is 12.1. The van der Waals surface area contributed by atoms with Gasteiger partial charge < -0.3 is 4.74 Å². The Hall–Kier alpha value is -1.35. The predicted octanol–water partition coefficient (Wildman–Crippen LogP) is 2.00. The first-order valence-corrected chi connectivity index (χ1v) is 6.04. The van der Waals surface area contributed by atoms with E-state index in [9.17, 15) is 4.79 Å². The Morgan fingerprint density at radius 2 is 2.00 bits per heavy atom. The lowest BCUT2D eigenvalue weighted by Gasteiger charge is -2.17. The molecule has 0 saturated heterocycles. The lowest BCUT2D eigenvalue weighted by Crippen LogP contribution is -2.21. The van der Waals surface area contributed by atoms with Gasteiger partial charge in [0.1, 0.15) is 0 Å². The third-order valence-electron chi connectivity index (χ3n) is 3.27. The van der Waals surface area contributed by atoms with Gasteiger partial charge >= 0.3 is 5.97 Å². The summed E-state index contributed by atoms with van der Waals surface area (Å²) in [5.41, 5.74) is 2.30. The molecule has 1 fully saturated rings. The summed E-state index contributed by atoms with van der Waals surface area (Å²) in [7, 11) is 3.58. The second kappa shape index (κ2) is 5.32. The highest BCUT2D eigenvalue weighted by atomic mass is 16.5. The zero-order chi connectivity index (χ0) is 12.3. The Morgan fingerprint density at radius 3 is 2.59 bits per heavy atom. The van der Waals surface area contributed by atoms with E-state index in [1.54, 1.807) is 0 Å². The second-order valence-corrected chi connectivity index (χ2v) is 4.67. The third-order valence-corrected chi connectivity index (χ3v) is 3.27. The lowest BCUT2D eigenvalue weighted by atomic mass is 10.0. The summed E-state index contributed by atoms with van der Waals surface area (Å²) in [4.78, 5) is 13.7. The van der Waals surface area contributed by atoms with E-state index in [0.717, 1.165) is 18.2 Å². The van der Waals surface area contributed by atoms with E-state index < -0.39 is 0 Å². The van der Waals surface area contributed by atoms with E-state index in [2.05, 4.69) is 18.0 Å². The Labute approximate surface area is 102 Å². The zero-order valence-corrected chi connectivity index (χ0v) is 10.5. The number of hydrogen-bond acceptors (Lipinski definition) is 3. The normalized spacial score (nSPS) is 15.0. The third kappa shape index (κ3) is 3.30. The number of esters is 1. The van der Waals surface area contributed by atoms with Gasteiger partial charge in [-0.25, -0.2) is 0 Å². The van der Waals surface area contributed by atoms with Crippen LogP contribution < -0.4 is 0 Å². The van der Waals surface area contributed by atoms with Gasteiger partial charge in [-0.3, -0.25) is 9.69 Å². The van der Waals surface area contributed by atoms with Gasteiger partial charge in [0, 0.05) is 12.6 Å². The summed E-state index contributed by atoms with van der Waals surface area (Å²) in [6.07, 6.45) is 2.97. The van der Waals surface area contributed by atoms with Crippen molar-refractivity contribution in [2.75, 3.05) is 14.2 Å². The first-order valence-electron chi connectivity index (χ1n) is 6.04. The van der Waals surface area contributed by atoms with Crippen molar-refractivity contribution in [3.8, 4) is 0 Å². The van der Waals surface area contributed by atoms with Crippen LogP contribution in [0.4, 0.5) is 0 Å². The van der Waals surface area contributed by atoms with Crippen molar-refractivity contribution in [2.45, 2.75) is 31.8 Å². The van der Waals surface area contributed by atoms with E-state index in [4.69, 9.17) is 4.74 Å². The zero-order valence-electron chi connectivity index (χ0n) is 10.5. The molecule has 1 aromatic carbocycles. The van der Waals surface area contributed by atoms with Crippen LogP contribution in [-0.4, -0.2) is 31.1 Å². The predicted molar refractivity (Wildman–Crippen MR) is 66.7 cm³/mol. The van der Waals surface area contributed by atoms with E-state index >= 15 is 0 Å². The minimum Gasteiger partial charge on any atom is -0.469 e. The molecule has 0 radical (unpaired) electrons. The molecule has 17 heavy (non-hydrogen) atoms. The SMILES string of the molecule is COC(=O)Cc1ccccc1CN(C)C1CC1. The second-order valence-electron chi connectivity index (χ2n) is 4.67. The molecule has 0 aliphatic heterocycles. The highest BCUT2D eigenvalue weighted by Gasteiger charge is 2.26. The topological polar surface area (TPSA) is 29.5 Å². The van der Waals surface area contributed by atoms with Crippen molar-refractivity contribution >= 4 is 5.97 Å². The van der Waals surface area contributed by atoms with Gasteiger partial charge in [-0.2, -0.15) is 0 Å². The maximum atomic E-state index is 11.3. The van der Waals surface area contributed by atoms with Gasteiger partial charge in [0.05, 0.1) is 13.5 Å². The molecule has 1 aliphatic carbocycles. The Bertz CT molecular complexity index is 399. The average Bonchev–Trinajstić information content (AvgIpc) is 3.15. The number of methoxy groups -OCH3 is 1. The molecule has 0 unspecified atom stereocenters. The standard InChI is InChI=1S/C14H19NO2/c1-15(13-7-8-13)10-12-6-4-3-5-11(12)9-14(16)17-2/h3-6,13H,7-10H2,1-2H3. The molecule has 1 aliphatic rings. The minimum atomic E-state index is -0.175. The van der Waals surface area contributed by atoms with Crippen molar-refractivity contribution in [3.05, 3.63) is 35.4 Å². The summed E-state index contributed by atoms with van der Waals surface area (Å²) in [5.74, 6) is -0.175. The van der Waals surface area contributed by atoms with Gasteiger partial charge in [0.15, 0.2) is 0 Å². The van der Waals surface area contributed by atoms with Crippen molar-refractivity contribution in [2.24, 2.45) is 0 Å². The molecule has 92 valence electrons. The molecule has 0 atom stereocenters. The van der Waals surface area contributed by atoms with Crippen LogP contribution in [0.15, 0.2) is 24.3 Å². The maximum absolute atomic E-state index is 11.3. The highest BCUT2D eigenvalue weighted by Crippen LogP contribution is 2.27. The molecule has 1 aromatic rings. The van der Waals surface area contributed by atoms with Gasteiger partial charge in [0.25, 0.3) is 0 Å². The number of benzene rings is 1. The molecule has 3 heteroatoms. The summed E-state index contributed by atoms with van der Waals surface area (Å²) in [5, 5.41) is 0. The van der Waals surface area contributed by atoms with Crippen LogP contribution in [0.2, 0.25) is 0 Å². The summed E-state index contributed by atoms with van der Waals surface area (Å²) < 4.78 is 4.72. The van der Waals surface area contributed by atoms with Gasteiger partial charge in [-0.1, -0.05) is 24.3 Å². The average molecular weight is 233 g/mol. The minimum absolute atomic E-state index is 0.175. The molecule has 2 rings (SSSR count). The maximum Gasteiger partial charge on any atom is 0.309 e. The van der Waals surface area contributed by atoms with Crippen LogP contribution >= 0.6 is 0 Å². The van der Waals surface area contributed by atoms with Crippen molar-refractivity contribution in [1.82, 2.24) is 4.90 Å². The monoisotopic (exact) mass is 233 g/mol. The van der Waals surface area contributed by atoms with Crippen molar-refractivity contribution in [1.29, 1.82) is 0 Å². The van der Waals surface area contributed by atoms with E-state index in [0.29, 0.717) is 6.42 Å². The van der Waals surface area contributed by atoms with Crippen molar-refractivity contribution < 1.29 is 9.53 Å². The molecule has 0 aromatic heterocycles. The van der Waals surface area contributed by atoms with Crippen LogP contribution in [0, 0.1) is 0 Å². The molecule has 0 spiro atoms. The van der Waals surface area contributed by atoms with E-state index in [1.807, 2.05) is 18.2 Å². The molecule has 3 nitrogen and oxygen atoms in total. The van der Waals surface area contributed by atoms with Crippen molar-refractivity contribution in [3.63, 3.8) is 0 Å². The van der Waals surface area contributed by atoms with Crippen LogP contribution in [-0.2, 0) is 22.5 Å². The smallest absolute Gasteiger partial charge is 0.309 e. The van der Waals surface area contributed by atoms with E-state index in [-0.39, 0.29) is 5.97 Å².